The molecule has 25 heavy (non-hydrogen) atoms. The number of nitrogens with one attached hydrogen (secondary N) is 1. The second kappa shape index (κ2) is 6.43. The maximum atomic E-state index is 12.5. The number of amides is 1. The third kappa shape index (κ3) is 3.13. The largest absolute Gasteiger partial charge is 0.490 e. The van der Waals surface area contributed by atoms with Crippen molar-refractivity contribution < 1.29 is 19.1 Å². The Morgan fingerprint density at radius 1 is 1.12 bits per heavy atom. The first-order valence-electron chi connectivity index (χ1n) is 8.24. The minimum absolute atomic E-state index is 0.0423. The number of benzene rings is 2. The second-order valence-electron chi connectivity index (χ2n) is 6.02. The van der Waals surface area contributed by atoms with Crippen LogP contribution in [0.5, 0.6) is 11.5 Å². The van der Waals surface area contributed by atoms with Crippen molar-refractivity contribution in [1.29, 1.82) is 0 Å². The number of carbonyl (C=O) groups excluding carboxylic acids is 2. The van der Waals surface area contributed by atoms with Gasteiger partial charge in [0.15, 0.2) is 17.3 Å². The zero-order valence-corrected chi connectivity index (χ0v) is 13.6. The molecule has 126 valence electrons. The van der Waals surface area contributed by atoms with Crippen LogP contribution < -0.4 is 14.8 Å². The van der Waals surface area contributed by atoms with E-state index in [1.165, 1.54) is 6.08 Å². The van der Waals surface area contributed by atoms with Gasteiger partial charge in [-0.3, -0.25) is 9.59 Å². The third-order valence-corrected chi connectivity index (χ3v) is 4.23. The van der Waals surface area contributed by atoms with Gasteiger partial charge in [0.1, 0.15) is 0 Å². The maximum Gasteiger partial charge on any atom is 0.228 e. The summed E-state index contributed by atoms with van der Waals surface area (Å²) in [6.45, 7) is 1.22. The van der Waals surface area contributed by atoms with Gasteiger partial charge >= 0.3 is 0 Å². The molecular formula is C20H17NO4. The van der Waals surface area contributed by atoms with Crippen LogP contribution in [0.4, 0.5) is 5.69 Å². The van der Waals surface area contributed by atoms with Crippen LogP contribution in [-0.4, -0.2) is 24.9 Å². The summed E-state index contributed by atoms with van der Waals surface area (Å²) in [7, 11) is 0. The highest BCUT2D eigenvalue weighted by Gasteiger charge is 2.18. The molecule has 0 unspecified atom stereocenters. The molecule has 2 aromatic rings. The van der Waals surface area contributed by atoms with Crippen molar-refractivity contribution in [3.63, 3.8) is 0 Å². The van der Waals surface area contributed by atoms with E-state index in [9.17, 15) is 9.59 Å². The Morgan fingerprint density at radius 3 is 2.92 bits per heavy atom. The van der Waals surface area contributed by atoms with Crippen LogP contribution >= 0.6 is 0 Å². The Morgan fingerprint density at radius 2 is 2.00 bits per heavy atom. The highest BCUT2D eigenvalue weighted by Crippen LogP contribution is 2.34. The molecule has 2 aliphatic rings. The average Bonchev–Trinajstić information content (AvgIpc) is 2.82. The minimum atomic E-state index is -0.116. The monoisotopic (exact) mass is 335 g/mol. The fourth-order valence-corrected chi connectivity index (χ4v) is 2.99. The smallest absolute Gasteiger partial charge is 0.228 e. The summed E-state index contributed by atoms with van der Waals surface area (Å²) >= 11 is 0. The fourth-order valence-electron chi connectivity index (χ4n) is 2.99. The molecule has 0 radical (unpaired) electrons. The lowest BCUT2D eigenvalue weighted by atomic mass is 10.0. The summed E-state index contributed by atoms with van der Waals surface area (Å²) in [6.07, 6.45) is 4.42. The number of anilines is 1. The molecule has 4 rings (SSSR count). The lowest BCUT2D eigenvalue weighted by Crippen LogP contribution is -2.03. The van der Waals surface area contributed by atoms with Crippen molar-refractivity contribution >= 4 is 23.5 Å². The lowest BCUT2D eigenvalue weighted by Gasteiger charge is -2.09. The Bertz CT molecular complexity index is 885. The van der Waals surface area contributed by atoms with E-state index in [0.717, 1.165) is 23.2 Å². The number of carbonyl (C=O) groups is 2. The molecule has 5 heteroatoms. The van der Waals surface area contributed by atoms with Gasteiger partial charge < -0.3 is 14.8 Å². The van der Waals surface area contributed by atoms with E-state index >= 15 is 0 Å². The van der Waals surface area contributed by atoms with E-state index in [-0.39, 0.29) is 11.7 Å². The summed E-state index contributed by atoms with van der Waals surface area (Å²) in [4.78, 5) is 23.9. The number of ether oxygens (including phenoxy) is 2. The molecule has 0 saturated carbocycles. The highest BCUT2D eigenvalue weighted by molar-refractivity contribution is 6.08. The number of allylic oxidation sites excluding steroid dienone is 1. The van der Waals surface area contributed by atoms with Crippen molar-refractivity contribution in [2.45, 2.75) is 12.8 Å². The van der Waals surface area contributed by atoms with Gasteiger partial charge in [-0.2, -0.15) is 0 Å². The van der Waals surface area contributed by atoms with Gasteiger partial charge in [-0.1, -0.05) is 12.1 Å². The van der Waals surface area contributed by atoms with Crippen LogP contribution in [0.3, 0.4) is 0 Å². The summed E-state index contributed by atoms with van der Waals surface area (Å²) in [5.41, 5.74) is 3.01. The van der Waals surface area contributed by atoms with E-state index in [2.05, 4.69) is 5.32 Å². The molecule has 0 aromatic heterocycles. The quantitative estimate of drug-likeness (QED) is 0.691. The van der Waals surface area contributed by atoms with Crippen molar-refractivity contribution in [2.75, 3.05) is 18.5 Å². The van der Waals surface area contributed by atoms with E-state index in [4.69, 9.17) is 9.47 Å². The first-order chi connectivity index (χ1) is 12.2. The third-order valence-electron chi connectivity index (χ3n) is 4.23. The van der Waals surface area contributed by atoms with Gasteiger partial charge in [-0.05, 0) is 42.0 Å². The van der Waals surface area contributed by atoms with Crippen molar-refractivity contribution in [3.8, 4) is 11.5 Å². The molecule has 0 fully saturated rings. The van der Waals surface area contributed by atoms with Crippen molar-refractivity contribution in [2.24, 2.45) is 0 Å². The normalized spacial score (nSPS) is 15.6. The van der Waals surface area contributed by atoms with Crippen molar-refractivity contribution in [3.05, 3.63) is 59.2 Å². The maximum absolute atomic E-state index is 12.5. The van der Waals surface area contributed by atoms with Gasteiger partial charge in [-0.15, -0.1) is 0 Å². The second-order valence-corrected chi connectivity index (χ2v) is 6.02. The van der Waals surface area contributed by atoms with E-state index < -0.39 is 0 Å². The minimum Gasteiger partial charge on any atom is -0.490 e. The Balaban J connectivity index is 1.57. The molecule has 2 aliphatic heterocycles. The van der Waals surface area contributed by atoms with Gasteiger partial charge in [-0.25, -0.2) is 0 Å². The first-order valence-corrected chi connectivity index (χ1v) is 8.24. The summed E-state index contributed by atoms with van der Waals surface area (Å²) in [6, 6.07) is 10.9. The zero-order chi connectivity index (χ0) is 17.2. The van der Waals surface area contributed by atoms with Gasteiger partial charge in [0, 0.05) is 23.2 Å². The molecule has 0 saturated heterocycles. The summed E-state index contributed by atoms with van der Waals surface area (Å²) in [5, 5.41) is 2.76. The fraction of sp³-hybridized carbons (Fsp3) is 0.200. The lowest BCUT2D eigenvalue weighted by molar-refractivity contribution is -0.115. The van der Waals surface area contributed by atoms with Crippen molar-refractivity contribution in [1.82, 2.24) is 0 Å². The van der Waals surface area contributed by atoms with E-state index in [1.807, 2.05) is 18.2 Å². The highest BCUT2D eigenvalue weighted by atomic mass is 16.5. The zero-order valence-electron chi connectivity index (χ0n) is 13.6. The Labute approximate surface area is 145 Å². The number of hydrogen-bond donors (Lipinski definition) is 1. The molecule has 0 atom stereocenters. The Hall–Kier alpha value is -3.08. The number of hydrogen-bond acceptors (Lipinski definition) is 4. The number of para-hydroxylation sites is 1. The summed E-state index contributed by atoms with van der Waals surface area (Å²) < 4.78 is 11.4. The van der Waals surface area contributed by atoms with E-state index in [1.54, 1.807) is 24.3 Å². The van der Waals surface area contributed by atoms with Crippen LogP contribution in [-0.2, 0) is 11.2 Å². The SMILES string of the molecule is O=C1Cc2cc(C(=O)/C=C\c3cccc4c3OCCCO4)ccc2N1. The molecule has 5 nitrogen and oxygen atoms in total. The molecule has 1 N–H and O–H groups in total. The van der Waals surface area contributed by atoms with Gasteiger partial charge in [0.05, 0.1) is 19.6 Å². The van der Waals surface area contributed by atoms with Gasteiger partial charge in [0.25, 0.3) is 0 Å². The number of fused-ring (bicyclic) bond motifs is 2. The van der Waals surface area contributed by atoms with Crippen LogP contribution in [0.1, 0.15) is 27.9 Å². The standard InChI is InChI=1S/C20H17NO4/c22-17(14-5-7-16-15(11-14)12-19(23)21-16)8-6-13-3-1-4-18-20(13)25-10-2-9-24-18/h1,3-8,11H,2,9-10,12H2,(H,21,23)/b8-6-. The predicted molar refractivity (Wildman–Crippen MR) is 94.2 cm³/mol. The number of rotatable bonds is 3. The summed E-state index contributed by atoms with van der Waals surface area (Å²) in [5.74, 6) is 1.22. The number of ketones is 1. The van der Waals surface area contributed by atoms with Gasteiger partial charge in [0.2, 0.25) is 5.91 Å². The average molecular weight is 335 g/mol. The predicted octanol–water partition coefficient (Wildman–Crippen LogP) is 3.24. The molecule has 2 heterocycles. The van der Waals surface area contributed by atoms with Crippen LogP contribution in [0.2, 0.25) is 0 Å². The molecule has 1 amide bonds. The topological polar surface area (TPSA) is 64.6 Å². The molecule has 0 spiro atoms. The molecular weight excluding hydrogens is 318 g/mol. The molecule has 0 aliphatic carbocycles. The van der Waals surface area contributed by atoms with Crippen LogP contribution in [0, 0.1) is 0 Å². The molecule has 2 aromatic carbocycles. The van der Waals surface area contributed by atoms with Crippen LogP contribution in [0.15, 0.2) is 42.5 Å². The first kappa shape index (κ1) is 15.4. The van der Waals surface area contributed by atoms with E-state index in [0.29, 0.717) is 36.7 Å². The Kier molecular flexibility index (Phi) is 3.98. The molecule has 0 bridgehead atoms. The van der Waals surface area contributed by atoms with Crippen LogP contribution in [0.25, 0.3) is 6.08 Å².